The van der Waals surface area contributed by atoms with Gasteiger partial charge in [0.2, 0.25) is 0 Å². The van der Waals surface area contributed by atoms with Gasteiger partial charge < -0.3 is 15.6 Å². The molecule has 0 radical (unpaired) electrons. The molecule has 0 amide bonds. The van der Waals surface area contributed by atoms with Crippen LogP contribution in [0.25, 0.3) is 0 Å². The lowest BCUT2D eigenvalue weighted by atomic mass is 9.96. The number of nitrogens with zero attached hydrogens (tertiary/aromatic N) is 3. The van der Waals surface area contributed by atoms with E-state index in [1.54, 1.807) is 0 Å². The molecule has 1 saturated carbocycles. The molecule has 0 spiro atoms. The molecule has 1 aliphatic carbocycles. The lowest BCUT2D eigenvalue weighted by molar-refractivity contribution is 0.412. The fourth-order valence-corrected chi connectivity index (χ4v) is 3.25. The largest absolute Gasteiger partial charge is 0.370 e. The molecule has 5 heteroatoms. The van der Waals surface area contributed by atoms with Gasteiger partial charge in [0.05, 0.1) is 0 Å². The molecule has 128 valence electrons. The molecule has 1 aliphatic rings. The molecular weight excluding hydrogens is 298 g/mol. The summed E-state index contributed by atoms with van der Waals surface area (Å²) < 4.78 is 2.16. The molecule has 3 N–H and O–H groups in total. The normalized spacial score (nSPS) is 16.2. The first-order valence-corrected chi connectivity index (χ1v) is 8.91. The zero-order valence-electron chi connectivity index (χ0n) is 14.2. The highest BCUT2D eigenvalue weighted by molar-refractivity contribution is 5.78. The number of nitrogens with one attached hydrogen (secondary N) is 1. The number of aromatic nitrogens is 2. The first-order chi connectivity index (χ1) is 11.8. The monoisotopic (exact) mass is 325 g/mol. The van der Waals surface area contributed by atoms with Crippen LogP contribution in [0.4, 0.5) is 0 Å². The summed E-state index contributed by atoms with van der Waals surface area (Å²) in [5.41, 5.74) is 7.37. The van der Waals surface area contributed by atoms with Crippen molar-refractivity contribution < 1.29 is 0 Å². The number of rotatable bonds is 6. The van der Waals surface area contributed by atoms with Crippen LogP contribution in [0.3, 0.4) is 0 Å². The van der Waals surface area contributed by atoms with Crippen molar-refractivity contribution >= 4 is 5.96 Å². The number of benzene rings is 1. The van der Waals surface area contributed by atoms with Crippen LogP contribution < -0.4 is 11.1 Å². The number of hydrogen-bond acceptors (Lipinski definition) is 2. The number of imidazole rings is 1. The number of guanidine groups is 1. The van der Waals surface area contributed by atoms with Crippen molar-refractivity contribution in [3.63, 3.8) is 0 Å². The zero-order valence-corrected chi connectivity index (χ0v) is 14.2. The van der Waals surface area contributed by atoms with Gasteiger partial charge in [0.15, 0.2) is 5.96 Å². The number of nitrogens with two attached hydrogens (primary N) is 1. The minimum absolute atomic E-state index is 0.486. The summed E-state index contributed by atoms with van der Waals surface area (Å²) in [6, 6.07) is 11.0. The maximum absolute atomic E-state index is 6.04. The van der Waals surface area contributed by atoms with E-state index in [2.05, 4.69) is 44.1 Å². The molecule has 2 aromatic rings. The Kier molecular flexibility index (Phi) is 5.88. The van der Waals surface area contributed by atoms with Crippen molar-refractivity contribution in [1.29, 1.82) is 0 Å². The average Bonchev–Trinajstić information content (AvgIpc) is 3.07. The lowest BCUT2D eigenvalue weighted by Gasteiger charge is -2.23. The van der Waals surface area contributed by atoms with Crippen LogP contribution in [-0.4, -0.2) is 21.6 Å². The van der Waals surface area contributed by atoms with E-state index in [1.165, 1.54) is 37.7 Å². The lowest BCUT2D eigenvalue weighted by Crippen LogP contribution is -2.41. The van der Waals surface area contributed by atoms with Crippen LogP contribution >= 0.6 is 0 Å². The van der Waals surface area contributed by atoms with E-state index in [0.29, 0.717) is 18.5 Å². The van der Waals surface area contributed by atoms with Crippen LogP contribution in [0.1, 0.15) is 43.5 Å². The van der Waals surface area contributed by atoms with E-state index < -0.39 is 0 Å². The van der Waals surface area contributed by atoms with Crippen molar-refractivity contribution in [3.8, 4) is 0 Å². The third-order valence-corrected chi connectivity index (χ3v) is 4.63. The fourth-order valence-electron chi connectivity index (χ4n) is 3.25. The minimum Gasteiger partial charge on any atom is -0.370 e. The Morgan fingerprint density at radius 2 is 2.00 bits per heavy atom. The molecule has 3 rings (SSSR count). The number of aryl methyl sites for hydroxylation is 2. The van der Waals surface area contributed by atoms with Gasteiger partial charge in [-0.2, -0.15) is 0 Å². The standard InChI is InChI=1S/C19H27N5/c20-19(23-17-9-5-2-6-10-17)22-15-18-21-12-14-24(18)13-11-16-7-3-1-4-8-16/h1,3-4,7-8,12,14,17H,2,5-6,9-11,13,15H2,(H3,20,22,23). The third-order valence-electron chi connectivity index (χ3n) is 4.63. The summed E-state index contributed by atoms with van der Waals surface area (Å²) in [6.07, 6.45) is 11.1. The predicted octanol–water partition coefficient (Wildman–Crippen LogP) is 2.86. The van der Waals surface area contributed by atoms with E-state index in [9.17, 15) is 0 Å². The van der Waals surface area contributed by atoms with Gasteiger partial charge >= 0.3 is 0 Å². The highest BCUT2D eigenvalue weighted by Gasteiger charge is 2.13. The zero-order chi connectivity index (χ0) is 16.6. The summed E-state index contributed by atoms with van der Waals surface area (Å²) in [7, 11) is 0. The molecule has 0 bridgehead atoms. The predicted molar refractivity (Wildman–Crippen MR) is 97.7 cm³/mol. The highest BCUT2D eigenvalue weighted by atomic mass is 15.1. The Morgan fingerprint density at radius 1 is 1.21 bits per heavy atom. The summed E-state index contributed by atoms with van der Waals surface area (Å²) in [6.45, 7) is 1.43. The second kappa shape index (κ2) is 8.52. The van der Waals surface area contributed by atoms with Crippen LogP contribution in [0.5, 0.6) is 0 Å². The Balaban J connectivity index is 1.52. The topological polar surface area (TPSA) is 68.2 Å². The molecular formula is C19H27N5. The SMILES string of the molecule is NC(=NCc1nccn1CCc1ccccc1)NC1CCCCC1. The molecule has 0 unspecified atom stereocenters. The van der Waals surface area contributed by atoms with Crippen molar-refractivity contribution in [1.82, 2.24) is 14.9 Å². The van der Waals surface area contributed by atoms with Crippen molar-refractivity contribution in [3.05, 3.63) is 54.1 Å². The van der Waals surface area contributed by atoms with Crippen LogP contribution in [-0.2, 0) is 19.5 Å². The molecule has 1 aromatic carbocycles. The molecule has 0 aliphatic heterocycles. The molecule has 0 saturated heterocycles. The van der Waals surface area contributed by atoms with E-state index in [0.717, 1.165) is 18.8 Å². The van der Waals surface area contributed by atoms with Gasteiger partial charge in [0.25, 0.3) is 0 Å². The van der Waals surface area contributed by atoms with E-state index in [-0.39, 0.29) is 0 Å². The Hall–Kier alpha value is -2.30. The number of hydrogen-bond donors (Lipinski definition) is 2. The smallest absolute Gasteiger partial charge is 0.189 e. The fraction of sp³-hybridized carbons (Fsp3) is 0.474. The van der Waals surface area contributed by atoms with Gasteiger partial charge in [-0.25, -0.2) is 9.98 Å². The van der Waals surface area contributed by atoms with Gasteiger partial charge in [0, 0.05) is 25.0 Å². The molecule has 1 aromatic heterocycles. The van der Waals surface area contributed by atoms with Crippen molar-refractivity contribution in [2.45, 2.75) is 57.7 Å². The minimum atomic E-state index is 0.486. The summed E-state index contributed by atoms with van der Waals surface area (Å²) in [5.74, 6) is 1.50. The van der Waals surface area contributed by atoms with E-state index >= 15 is 0 Å². The van der Waals surface area contributed by atoms with E-state index in [4.69, 9.17) is 5.73 Å². The summed E-state index contributed by atoms with van der Waals surface area (Å²) in [4.78, 5) is 8.90. The summed E-state index contributed by atoms with van der Waals surface area (Å²) >= 11 is 0. The Bertz CT molecular complexity index is 641. The third kappa shape index (κ3) is 4.85. The highest BCUT2D eigenvalue weighted by Crippen LogP contribution is 2.17. The second-order valence-corrected chi connectivity index (χ2v) is 6.45. The van der Waals surface area contributed by atoms with Crippen LogP contribution in [0, 0.1) is 0 Å². The van der Waals surface area contributed by atoms with Gasteiger partial charge in [-0.1, -0.05) is 49.6 Å². The first kappa shape index (κ1) is 16.6. The van der Waals surface area contributed by atoms with Crippen molar-refractivity contribution in [2.75, 3.05) is 0 Å². The van der Waals surface area contributed by atoms with Gasteiger partial charge in [-0.05, 0) is 24.8 Å². The maximum Gasteiger partial charge on any atom is 0.189 e. The first-order valence-electron chi connectivity index (χ1n) is 8.91. The number of aliphatic imine (C=N–C) groups is 1. The van der Waals surface area contributed by atoms with Crippen LogP contribution in [0.15, 0.2) is 47.7 Å². The molecule has 1 fully saturated rings. The average molecular weight is 325 g/mol. The van der Waals surface area contributed by atoms with Gasteiger partial charge in [0.1, 0.15) is 12.4 Å². The maximum atomic E-state index is 6.04. The Labute approximate surface area is 144 Å². The molecule has 1 heterocycles. The van der Waals surface area contributed by atoms with Crippen LogP contribution in [0.2, 0.25) is 0 Å². The second-order valence-electron chi connectivity index (χ2n) is 6.45. The van der Waals surface area contributed by atoms with Crippen molar-refractivity contribution in [2.24, 2.45) is 10.7 Å². The summed E-state index contributed by atoms with van der Waals surface area (Å²) in [5, 5.41) is 3.35. The molecule has 0 atom stereocenters. The Morgan fingerprint density at radius 3 is 2.79 bits per heavy atom. The molecule has 5 nitrogen and oxygen atoms in total. The van der Waals surface area contributed by atoms with E-state index in [1.807, 2.05) is 18.5 Å². The van der Waals surface area contributed by atoms with Gasteiger partial charge in [-0.3, -0.25) is 0 Å². The molecule has 24 heavy (non-hydrogen) atoms. The quantitative estimate of drug-likeness (QED) is 0.634. The van der Waals surface area contributed by atoms with Gasteiger partial charge in [-0.15, -0.1) is 0 Å².